The number of rotatable bonds is 4. The molecule has 0 N–H and O–H groups in total. The summed E-state index contributed by atoms with van der Waals surface area (Å²) in [5.41, 5.74) is 0. The lowest BCUT2D eigenvalue weighted by Gasteiger charge is -2.35. The van der Waals surface area contributed by atoms with E-state index in [1.807, 2.05) is 20.8 Å². The molecule has 1 aliphatic heterocycles. The van der Waals surface area contributed by atoms with E-state index in [1.54, 1.807) is 0 Å². The second kappa shape index (κ2) is 4.11. The fraction of sp³-hybridized carbons (Fsp3) is 1.00. The zero-order valence-electron chi connectivity index (χ0n) is 9.36. The van der Waals surface area contributed by atoms with Crippen molar-refractivity contribution in [2.75, 3.05) is 19.8 Å². The zero-order valence-corrected chi connectivity index (χ0v) is 10.3. The smallest absolute Gasteiger partial charge is 0.231 e. The summed E-state index contributed by atoms with van der Waals surface area (Å²) in [6.45, 7) is 6.63. The average Bonchev–Trinajstić information content (AvgIpc) is 2.66. The largest absolute Gasteiger partial charge is 0.330 e. The van der Waals surface area contributed by atoms with Crippen molar-refractivity contribution in [3.05, 3.63) is 0 Å². The molecule has 0 fully saturated rings. The van der Waals surface area contributed by atoms with E-state index in [0.29, 0.717) is 12.7 Å². The van der Waals surface area contributed by atoms with Crippen LogP contribution in [0.15, 0.2) is 10.2 Å². The third-order valence-corrected chi connectivity index (χ3v) is 6.48. The monoisotopic (exact) mass is 218 g/mol. The fourth-order valence-corrected chi connectivity index (χ4v) is 4.58. The summed E-state index contributed by atoms with van der Waals surface area (Å²) < 4.78 is 17.8. The van der Waals surface area contributed by atoms with Crippen LogP contribution in [-0.2, 0) is 9.09 Å². The summed E-state index contributed by atoms with van der Waals surface area (Å²) in [5.74, 6) is 0.208. The van der Waals surface area contributed by atoms with E-state index in [1.165, 1.54) is 7.11 Å². The first-order valence-corrected chi connectivity index (χ1v) is 6.87. The molecular formula is C9H19N2O2P. The van der Waals surface area contributed by atoms with E-state index in [9.17, 15) is 4.57 Å². The average molecular weight is 218 g/mol. The maximum absolute atomic E-state index is 12.5. The topological polar surface area (TPSA) is 51.0 Å². The minimum absolute atomic E-state index is 0.208. The van der Waals surface area contributed by atoms with Crippen molar-refractivity contribution in [1.82, 2.24) is 0 Å². The van der Waals surface area contributed by atoms with Gasteiger partial charge in [-0.15, -0.1) is 0 Å². The number of nitrogens with zero attached hydrogens (tertiary/aromatic N) is 2. The molecule has 1 aliphatic rings. The van der Waals surface area contributed by atoms with E-state index in [4.69, 9.17) is 4.52 Å². The SMILES string of the molecule is CCP(=O)(OC)C1(C(C)C)CCN=N1. The van der Waals surface area contributed by atoms with Crippen molar-refractivity contribution in [1.29, 1.82) is 0 Å². The molecule has 0 radical (unpaired) electrons. The molecule has 2 unspecified atom stereocenters. The normalized spacial score (nSPS) is 30.9. The number of azo groups is 1. The Morgan fingerprint density at radius 1 is 1.57 bits per heavy atom. The van der Waals surface area contributed by atoms with Crippen LogP contribution in [-0.4, -0.2) is 25.1 Å². The van der Waals surface area contributed by atoms with Crippen molar-refractivity contribution >= 4 is 7.37 Å². The molecule has 4 nitrogen and oxygen atoms in total. The molecule has 0 saturated heterocycles. The Morgan fingerprint density at radius 2 is 2.21 bits per heavy atom. The van der Waals surface area contributed by atoms with Gasteiger partial charge in [0.05, 0.1) is 6.54 Å². The molecule has 0 spiro atoms. The van der Waals surface area contributed by atoms with Crippen molar-refractivity contribution in [3.8, 4) is 0 Å². The second-order valence-electron chi connectivity index (χ2n) is 3.92. The summed E-state index contributed by atoms with van der Waals surface area (Å²) in [4.78, 5) is 0. The van der Waals surface area contributed by atoms with Crippen LogP contribution in [0.25, 0.3) is 0 Å². The highest BCUT2D eigenvalue weighted by molar-refractivity contribution is 7.60. The first kappa shape index (κ1) is 11.9. The van der Waals surface area contributed by atoms with Crippen LogP contribution in [0.4, 0.5) is 0 Å². The Bertz CT molecular complexity index is 270. The van der Waals surface area contributed by atoms with E-state index in [2.05, 4.69) is 10.2 Å². The van der Waals surface area contributed by atoms with E-state index in [-0.39, 0.29) is 5.92 Å². The summed E-state index contributed by atoms with van der Waals surface area (Å²) in [6, 6.07) is 0. The van der Waals surface area contributed by atoms with Gasteiger partial charge in [-0.2, -0.15) is 10.2 Å². The fourth-order valence-electron chi connectivity index (χ4n) is 2.03. The van der Waals surface area contributed by atoms with Crippen molar-refractivity contribution in [2.24, 2.45) is 16.1 Å². The minimum Gasteiger partial charge on any atom is -0.330 e. The van der Waals surface area contributed by atoms with Gasteiger partial charge in [0.1, 0.15) is 0 Å². The summed E-state index contributed by atoms with van der Waals surface area (Å²) in [7, 11) is -1.16. The molecule has 5 heteroatoms. The highest BCUT2D eigenvalue weighted by Gasteiger charge is 2.52. The molecule has 0 aliphatic carbocycles. The van der Waals surface area contributed by atoms with Gasteiger partial charge >= 0.3 is 0 Å². The summed E-state index contributed by atoms with van der Waals surface area (Å²) in [5, 5.41) is 7.65. The van der Waals surface area contributed by atoms with Gasteiger partial charge in [0.25, 0.3) is 0 Å². The molecule has 0 amide bonds. The molecule has 82 valence electrons. The Kier molecular flexibility index (Phi) is 3.49. The predicted octanol–water partition coefficient (Wildman–Crippen LogP) is 3.14. The molecular weight excluding hydrogens is 199 g/mol. The van der Waals surface area contributed by atoms with Gasteiger partial charge < -0.3 is 4.52 Å². The van der Waals surface area contributed by atoms with Crippen LogP contribution in [0, 0.1) is 5.92 Å². The third kappa shape index (κ3) is 1.55. The molecule has 1 rings (SSSR count). The molecule has 0 saturated carbocycles. The molecule has 0 aromatic carbocycles. The zero-order chi connectivity index (χ0) is 10.8. The summed E-state index contributed by atoms with van der Waals surface area (Å²) >= 11 is 0. The van der Waals surface area contributed by atoms with Gasteiger partial charge in [0.15, 0.2) is 5.28 Å². The van der Waals surface area contributed by atoms with Crippen LogP contribution in [0.1, 0.15) is 27.2 Å². The molecule has 0 aromatic heterocycles. The number of hydrogen-bond donors (Lipinski definition) is 0. The van der Waals surface area contributed by atoms with Crippen molar-refractivity contribution < 1.29 is 9.09 Å². The summed E-state index contributed by atoms with van der Waals surface area (Å²) in [6.07, 6.45) is 1.28. The van der Waals surface area contributed by atoms with E-state index >= 15 is 0 Å². The van der Waals surface area contributed by atoms with Crippen LogP contribution < -0.4 is 0 Å². The van der Waals surface area contributed by atoms with E-state index in [0.717, 1.165) is 6.42 Å². The highest BCUT2D eigenvalue weighted by atomic mass is 31.2. The predicted molar refractivity (Wildman–Crippen MR) is 57.1 cm³/mol. The second-order valence-corrected chi connectivity index (χ2v) is 7.04. The lowest BCUT2D eigenvalue weighted by molar-refractivity contribution is 0.322. The minimum atomic E-state index is -2.68. The van der Waals surface area contributed by atoms with Crippen molar-refractivity contribution in [2.45, 2.75) is 32.5 Å². The van der Waals surface area contributed by atoms with Crippen LogP contribution in [0.3, 0.4) is 0 Å². The third-order valence-electron chi connectivity index (χ3n) is 3.05. The van der Waals surface area contributed by atoms with Crippen LogP contribution in [0.5, 0.6) is 0 Å². The highest BCUT2D eigenvalue weighted by Crippen LogP contribution is 2.64. The Balaban J connectivity index is 3.11. The lowest BCUT2D eigenvalue weighted by Crippen LogP contribution is -2.32. The van der Waals surface area contributed by atoms with Crippen LogP contribution >= 0.6 is 7.37 Å². The maximum atomic E-state index is 12.5. The quantitative estimate of drug-likeness (QED) is 0.680. The standard InChI is InChI=1S/C9H19N2O2P/c1-5-14(12,13-4)9(8(2)3)6-7-10-11-9/h8H,5-7H2,1-4H3. The van der Waals surface area contributed by atoms with E-state index < -0.39 is 12.6 Å². The molecule has 0 bridgehead atoms. The molecule has 1 heterocycles. The molecule has 2 atom stereocenters. The Morgan fingerprint density at radius 3 is 2.50 bits per heavy atom. The lowest BCUT2D eigenvalue weighted by atomic mass is 10.0. The molecule has 14 heavy (non-hydrogen) atoms. The van der Waals surface area contributed by atoms with Gasteiger partial charge in [-0.05, 0) is 5.92 Å². The Labute approximate surface area is 85.6 Å². The number of hydrogen-bond acceptors (Lipinski definition) is 4. The van der Waals surface area contributed by atoms with Gasteiger partial charge in [0.2, 0.25) is 7.37 Å². The first-order valence-electron chi connectivity index (χ1n) is 5.06. The Hall–Kier alpha value is -0.210. The van der Waals surface area contributed by atoms with Gasteiger partial charge in [-0.25, -0.2) is 0 Å². The molecule has 0 aromatic rings. The van der Waals surface area contributed by atoms with Gasteiger partial charge in [-0.3, -0.25) is 4.57 Å². The maximum Gasteiger partial charge on any atom is 0.231 e. The van der Waals surface area contributed by atoms with Gasteiger partial charge in [0, 0.05) is 19.7 Å². The van der Waals surface area contributed by atoms with Crippen LogP contribution in [0.2, 0.25) is 0 Å². The van der Waals surface area contributed by atoms with Gasteiger partial charge in [-0.1, -0.05) is 20.8 Å². The first-order chi connectivity index (χ1) is 6.52. The van der Waals surface area contributed by atoms with Crippen molar-refractivity contribution in [3.63, 3.8) is 0 Å².